The minimum atomic E-state index is -0.980. The van der Waals surface area contributed by atoms with Gasteiger partial charge in [0.1, 0.15) is 5.75 Å². The molecule has 0 aliphatic carbocycles. The topological polar surface area (TPSA) is 110 Å². The summed E-state index contributed by atoms with van der Waals surface area (Å²) in [4.78, 5) is 36.4. The van der Waals surface area contributed by atoms with Gasteiger partial charge in [0.05, 0.1) is 24.6 Å². The lowest BCUT2D eigenvalue weighted by molar-refractivity contribution is -0.154. The van der Waals surface area contributed by atoms with Crippen molar-refractivity contribution in [3.8, 4) is 5.75 Å². The quantitative estimate of drug-likeness (QED) is 0.590. The molecule has 0 radical (unpaired) electrons. The van der Waals surface area contributed by atoms with Crippen molar-refractivity contribution >= 4 is 22.6 Å². The van der Waals surface area contributed by atoms with Gasteiger partial charge < -0.3 is 14.8 Å². The molecular weight excluding hydrogens is 374 g/mol. The Balaban J connectivity index is 1.60. The zero-order chi connectivity index (χ0) is 20.8. The van der Waals surface area contributed by atoms with Crippen molar-refractivity contribution in [1.82, 2.24) is 15.5 Å². The molecule has 2 N–H and O–H groups in total. The smallest absolute Gasteiger partial charge is 0.312 e. The highest BCUT2D eigenvalue weighted by Gasteiger charge is 2.19. The summed E-state index contributed by atoms with van der Waals surface area (Å²) in [6, 6.07) is 14.2. The zero-order valence-corrected chi connectivity index (χ0v) is 16.1. The SMILES string of the molecule is COc1ccccc1CNC(=O)[C@@H](C)OC(=O)Cc1n[nH]c(=O)c2ccccc12. The molecule has 3 rings (SSSR count). The summed E-state index contributed by atoms with van der Waals surface area (Å²) in [5.41, 5.74) is 0.861. The van der Waals surface area contributed by atoms with Crippen LogP contribution in [0.3, 0.4) is 0 Å². The molecule has 0 aliphatic heterocycles. The minimum Gasteiger partial charge on any atom is -0.496 e. The van der Waals surface area contributed by atoms with Gasteiger partial charge in [0.2, 0.25) is 0 Å². The molecule has 0 saturated heterocycles. The fourth-order valence-corrected chi connectivity index (χ4v) is 2.91. The van der Waals surface area contributed by atoms with Crippen LogP contribution in [0.4, 0.5) is 0 Å². The number of nitrogens with zero attached hydrogens (tertiary/aromatic N) is 1. The first-order chi connectivity index (χ1) is 14.0. The van der Waals surface area contributed by atoms with Gasteiger partial charge >= 0.3 is 5.97 Å². The molecule has 8 heteroatoms. The Morgan fingerprint density at radius 1 is 1.10 bits per heavy atom. The van der Waals surface area contributed by atoms with E-state index in [1.807, 2.05) is 18.2 Å². The lowest BCUT2D eigenvalue weighted by atomic mass is 10.1. The zero-order valence-electron chi connectivity index (χ0n) is 16.1. The lowest BCUT2D eigenvalue weighted by Crippen LogP contribution is -2.36. The second-order valence-electron chi connectivity index (χ2n) is 6.38. The number of H-pyrrole nitrogens is 1. The highest BCUT2D eigenvalue weighted by atomic mass is 16.5. The van der Waals surface area contributed by atoms with Crippen LogP contribution in [0.25, 0.3) is 10.8 Å². The van der Waals surface area contributed by atoms with Gasteiger partial charge in [-0.15, -0.1) is 0 Å². The minimum absolute atomic E-state index is 0.165. The second-order valence-corrected chi connectivity index (χ2v) is 6.38. The molecule has 0 aliphatic rings. The molecule has 1 aromatic heterocycles. The third kappa shape index (κ3) is 4.78. The van der Waals surface area contributed by atoms with E-state index in [4.69, 9.17) is 9.47 Å². The summed E-state index contributed by atoms with van der Waals surface area (Å²) in [5, 5.41) is 10.0. The summed E-state index contributed by atoms with van der Waals surface area (Å²) >= 11 is 0. The van der Waals surface area contributed by atoms with Crippen molar-refractivity contribution in [3.05, 3.63) is 70.1 Å². The molecule has 1 heterocycles. The lowest BCUT2D eigenvalue weighted by Gasteiger charge is -2.14. The van der Waals surface area contributed by atoms with Crippen LogP contribution in [-0.4, -0.2) is 35.3 Å². The number of methoxy groups -OCH3 is 1. The van der Waals surface area contributed by atoms with Gasteiger partial charge in [0.15, 0.2) is 6.10 Å². The fraction of sp³-hybridized carbons (Fsp3) is 0.238. The molecule has 2 aromatic carbocycles. The fourth-order valence-electron chi connectivity index (χ4n) is 2.91. The first-order valence-electron chi connectivity index (χ1n) is 9.05. The van der Waals surface area contributed by atoms with E-state index in [1.54, 1.807) is 37.4 Å². The van der Waals surface area contributed by atoms with Crippen molar-refractivity contribution in [2.75, 3.05) is 7.11 Å². The van der Waals surface area contributed by atoms with Gasteiger partial charge in [-0.2, -0.15) is 5.10 Å². The van der Waals surface area contributed by atoms with Crippen LogP contribution in [0.1, 0.15) is 18.2 Å². The Labute approximate surface area is 166 Å². The Hall–Kier alpha value is -3.68. The number of amides is 1. The number of nitrogens with one attached hydrogen (secondary N) is 2. The maximum Gasteiger partial charge on any atom is 0.312 e. The second kappa shape index (κ2) is 9.01. The molecule has 8 nitrogen and oxygen atoms in total. The number of rotatable bonds is 7. The monoisotopic (exact) mass is 395 g/mol. The van der Waals surface area contributed by atoms with Gasteiger partial charge in [-0.05, 0) is 19.1 Å². The van der Waals surface area contributed by atoms with Crippen molar-refractivity contribution < 1.29 is 19.1 Å². The summed E-state index contributed by atoms with van der Waals surface area (Å²) in [6.45, 7) is 1.74. The van der Waals surface area contributed by atoms with Crippen LogP contribution in [0.15, 0.2) is 53.3 Å². The number of hydrogen-bond donors (Lipinski definition) is 2. The number of para-hydroxylation sites is 1. The number of ether oxygens (including phenoxy) is 2. The number of carbonyl (C=O) groups excluding carboxylic acids is 2. The number of esters is 1. The van der Waals surface area contributed by atoms with Crippen LogP contribution in [0.5, 0.6) is 5.75 Å². The largest absolute Gasteiger partial charge is 0.496 e. The Morgan fingerprint density at radius 2 is 1.79 bits per heavy atom. The van der Waals surface area contributed by atoms with Crippen LogP contribution in [-0.2, 0) is 27.3 Å². The van der Waals surface area contributed by atoms with Gasteiger partial charge in [0, 0.05) is 17.5 Å². The molecule has 0 saturated carbocycles. The third-order valence-corrected chi connectivity index (χ3v) is 4.41. The maximum absolute atomic E-state index is 12.3. The van der Waals surface area contributed by atoms with E-state index in [1.165, 1.54) is 6.92 Å². The van der Waals surface area contributed by atoms with Crippen LogP contribution in [0.2, 0.25) is 0 Å². The summed E-state index contributed by atoms with van der Waals surface area (Å²) in [5.74, 6) is -0.383. The number of fused-ring (bicyclic) bond motifs is 1. The number of aromatic amines is 1. The Kier molecular flexibility index (Phi) is 6.23. The van der Waals surface area contributed by atoms with Crippen LogP contribution >= 0.6 is 0 Å². The van der Waals surface area contributed by atoms with Crippen molar-refractivity contribution in [2.24, 2.45) is 0 Å². The maximum atomic E-state index is 12.3. The molecule has 1 amide bonds. The molecule has 0 spiro atoms. The summed E-state index contributed by atoms with van der Waals surface area (Å²) in [6.07, 6.45) is -1.15. The van der Waals surface area contributed by atoms with E-state index in [2.05, 4.69) is 15.5 Å². The molecule has 1 atom stereocenters. The molecule has 0 unspecified atom stereocenters. The van der Waals surface area contributed by atoms with Gasteiger partial charge in [-0.1, -0.05) is 36.4 Å². The normalized spacial score (nSPS) is 11.7. The Bertz CT molecular complexity index is 1090. The average Bonchev–Trinajstić information content (AvgIpc) is 2.74. The highest BCUT2D eigenvalue weighted by Crippen LogP contribution is 2.17. The number of aromatic nitrogens is 2. The van der Waals surface area contributed by atoms with Crippen molar-refractivity contribution in [1.29, 1.82) is 0 Å². The van der Waals surface area contributed by atoms with Gasteiger partial charge in [-0.3, -0.25) is 14.4 Å². The molecule has 150 valence electrons. The first-order valence-corrected chi connectivity index (χ1v) is 9.05. The third-order valence-electron chi connectivity index (χ3n) is 4.41. The van der Waals surface area contributed by atoms with E-state index >= 15 is 0 Å². The van der Waals surface area contributed by atoms with Crippen LogP contribution in [0, 0.1) is 0 Å². The predicted molar refractivity (Wildman–Crippen MR) is 106 cm³/mol. The predicted octanol–water partition coefficient (Wildman–Crippen LogP) is 1.72. The molecule has 29 heavy (non-hydrogen) atoms. The van der Waals surface area contributed by atoms with E-state index in [-0.39, 0.29) is 18.5 Å². The van der Waals surface area contributed by atoms with E-state index < -0.39 is 18.0 Å². The van der Waals surface area contributed by atoms with Crippen LogP contribution < -0.4 is 15.6 Å². The number of hydrogen-bond acceptors (Lipinski definition) is 6. The molecule has 3 aromatic rings. The molecule has 0 bridgehead atoms. The average molecular weight is 395 g/mol. The molecule has 0 fully saturated rings. The van der Waals surface area contributed by atoms with Crippen molar-refractivity contribution in [3.63, 3.8) is 0 Å². The Morgan fingerprint density at radius 3 is 2.55 bits per heavy atom. The summed E-state index contributed by atoms with van der Waals surface area (Å²) < 4.78 is 10.5. The van der Waals surface area contributed by atoms with Gasteiger partial charge in [-0.25, -0.2) is 5.10 Å². The van der Waals surface area contributed by atoms with E-state index in [0.717, 1.165) is 5.56 Å². The first kappa shape index (κ1) is 20.1. The highest BCUT2D eigenvalue weighted by molar-refractivity contribution is 5.88. The van der Waals surface area contributed by atoms with Gasteiger partial charge in [0.25, 0.3) is 11.5 Å². The number of carbonyl (C=O) groups is 2. The standard InChI is InChI=1S/C21H21N3O5/c1-13(20(26)22-12-14-7-3-6-10-18(14)28-2)29-19(25)11-17-15-8-4-5-9-16(15)21(27)24-23-17/h3-10,13H,11-12H2,1-2H3,(H,22,26)(H,24,27)/t13-/m1/s1. The molecular formula is C21H21N3O5. The summed E-state index contributed by atoms with van der Waals surface area (Å²) in [7, 11) is 1.56. The van der Waals surface area contributed by atoms with E-state index in [0.29, 0.717) is 22.2 Å². The number of benzene rings is 2. The van der Waals surface area contributed by atoms with Crippen molar-refractivity contribution in [2.45, 2.75) is 26.0 Å². The van der Waals surface area contributed by atoms with E-state index in [9.17, 15) is 14.4 Å².